The second-order valence-electron chi connectivity index (χ2n) is 7.80. The molecule has 0 aromatic heterocycles. The summed E-state index contributed by atoms with van der Waals surface area (Å²) in [6, 6.07) is 56.0. The van der Waals surface area contributed by atoms with Gasteiger partial charge in [0.15, 0.2) is 0 Å². The summed E-state index contributed by atoms with van der Waals surface area (Å²) in [7, 11) is 0. The number of hydrogen-bond acceptors (Lipinski definition) is 0. The molecule has 0 fully saturated rings. The number of hydrogen-bond donors (Lipinski definition) is 0. The van der Waals surface area contributed by atoms with Gasteiger partial charge in [-0.05, 0) is 0 Å². The first-order valence-electron chi connectivity index (χ1n) is 10.7. The van der Waals surface area contributed by atoms with Gasteiger partial charge in [-0.2, -0.15) is 0 Å². The van der Waals surface area contributed by atoms with Gasteiger partial charge in [0.1, 0.15) is 0 Å². The molecular weight excluding hydrogens is 482 g/mol. The molecule has 5 rings (SSSR count). The van der Waals surface area contributed by atoms with Crippen molar-refractivity contribution in [1.29, 1.82) is 0 Å². The predicted molar refractivity (Wildman–Crippen MR) is 136 cm³/mol. The van der Waals surface area contributed by atoms with Crippen LogP contribution in [-0.2, 0) is 0 Å². The molecule has 0 saturated carbocycles. The summed E-state index contributed by atoms with van der Waals surface area (Å²) < 4.78 is 7.11. The van der Waals surface area contributed by atoms with Crippen LogP contribution in [0.1, 0.15) is 0 Å². The molecular formula is C30H25Sb. The van der Waals surface area contributed by atoms with Gasteiger partial charge < -0.3 is 0 Å². The van der Waals surface area contributed by atoms with Crippen molar-refractivity contribution in [1.82, 2.24) is 0 Å². The Morgan fingerprint density at radius 3 is 0.548 bits per heavy atom. The van der Waals surface area contributed by atoms with E-state index >= 15 is 0 Å². The summed E-state index contributed by atoms with van der Waals surface area (Å²) in [5.74, 6) is 0. The van der Waals surface area contributed by atoms with E-state index in [1.165, 1.54) is 17.6 Å². The minimum atomic E-state index is -4.45. The quantitative estimate of drug-likeness (QED) is 0.317. The van der Waals surface area contributed by atoms with Crippen LogP contribution in [0.25, 0.3) is 0 Å². The molecule has 5 aromatic rings. The summed E-state index contributed by atoms with van der Waals surface area (Å²) >= 11 is -4.45. The summed E-state index contributed by atoms with van der Waals surface area (Å²) in [4.78, 5) is 0. The third-order valence-electron chi connectivity index (χ3n) is 6.36. The summed E-state index contributed by atoms with van der Waals surface area (Å²) in [6.07, 6.45) is 0. The monoisotopic (exact) mass is 506 g/mol. The van der Waals surface area contributed by atoms with Crippen LogP contribution in [0.15, 0.2) is 152 Å². The molecule has 0 aliphatic carbocycles. The van der Waals surface area contributed by atoms with Gasteiger partial charge in [-0.25, -0.2) is 0 Å². The van der Waals surface area contributed by atoms with E-state index in [2.05, 4.69) is 152 Å². The molecule has 0 aliphatic rings. The first-order valence-corrected chi connectivity index (χ1v) is 17.1. The van der Waals surface area contributed by atoms with Crippen LogP contribution in [-0.4, -0.2) is 17.4 Å². The van der Waals surface area contributed by atoms with Gasteiger partial charge in [0.25, 0.3) is 0 Å². The van der Waals surface area contributed by atoms with Gasteiger partial charge in [-0.3, -0.25) is 0 Å². The minimum absolute atomic E-state index is 1.42. The second-order valence-corrected chi connectivity index (χ2v) is 21.5. The molecule has 0 bridgehead atoms. The molecule has 0 saturated heterocycles. The van der Waals surface area contributed by atoms with E-state index in [4.69, 9.17) is 0 Å². The van der Waals surface area contributed by atoms with Gasteiger partial charge in [0, 0.05) is 0 Å². The van der Waals surface area contributed by atoms with E-state index in [1.54, 1.807) is 0 Å². The normalized spacial score (nSPS) is 12.6. The molecule has 0 heterocycles. The Bertz CT molecular complexity index is 1000. The maximum absolute atomic E-state index is 4.45. The van der Waals surface area contributed by atoms with E-state index in [9.17, 15) is 0 Å². The Hall–Kier alpha value is -3.08. The van der Waals surface area contributed by atoms with E-state index < -0.39 is 17.4 Å². The number of benzene rings is 5. The van der Waals surface area contributed by atoms with Crippen molar-refractivity contribution < 1.29 is 0 Å². The molecule has 5 aromatic carbocycles. The Balaban J connectivity index is 2.14. The van der Waals surface area contributed by atoms with Crippen molar-refractivity contribution in [2.75, 3.05) is 0 Å². The van der Waals surface area contributed by atoms with Crippen molar-refractivity contribution in [2.45, 2.75) is 0 Å². The molecule has 0 aliphatic heterocycles. The molecule has 0 atom stereocenters. The zero-order valence-corrected chi connectivity index (χ0v) is 19.9. The van der Waals surface area contributed by atoms with Crippen molar-refractivity contribution >= 4 is 34.9 Å². The first-order chi connectivity index (χ1) is 15.4. The van der Waals surface area contributed by atoms with Gasteiger partial charge in [0.05, 0.1) is 0 Å². The standard InChI is InChI=1S/5C6H5.Sb/c5*1-2-4-6-5-3-1;/h5*1-5H;. The van der Waals surface area contributed by atoms with Crippen molar-refractivity contribution in [3.8, 4) is 0 Å². The summed E-state index contributed by atoms with van der Waals surface area (Å²) in [6.45, 7) is 0. The van der Waals surface area contributed by atoms with Gasteiger partial charge in [-0.15, -0.1) is 0 Å². The molecule has 0 nitrogen and oxygen atoms in total. The fraction of sp³-hybridized carbons (Fsp3) is 0. The van der Waals surface area contributed by atoms with Crippen LogP contribution in [0, 0.1) is 0 Å². The predicted octanol–water partition coefficient (Wildman–Crippen LogP) is 3.93. The molecule has 31 heavy (non-hydrogen) atoms. The average Bonchev–Trinajstić information content (AvgIpc) is 2.88. The third kappa shape index (κ3) is 2.83. The number of rotatable bonds is 5. The van der Waals surface area contributed by atoms with Gasteiger partial charge in [0.2, 0.25) is 0 Å². The Kier molecular flexibility index (Phi) is 5.26. The molecule has 150 valence electrons. The van der Waals surface area contributed by atoms with Crippen molar-refractivity contribution in [3.05, 3.63) is 152 Å². The van der Waals surface area contributed by atoms with E-state index in [1.807, 2.05) is 0 Å². The van der Waals surface area contributed by atoms with Crippen LogP contribution < -0.4 is 17.6 Å². The van der Waals surface area contributed by atoms with Crippen LogP contribution in [0.5, 0.6) is 0 Å². The van der Waals surface area contributed by atoms with Crippen LogP contribution in [0.2, 0.25) is 0 Å². The van der Waals surface area contributed by atoms with Gasteiger partial charge >= 0.3 is 187 Å². The van der Waals surface area contributed by atoms with Gasteiger partial charge in [-0.1, -0.05) is 0 Å². The van der Waals surface area contributed by atoms with Crippen LogP contribution in [0.4, 0.5) is 0 Å². The Labute approximate surface area is 185 Å². The van der Waals surface area contributed by atoms with E-state index in [0.717, 1.165) is 0 Å². The average molecular weight is 507 g/mol. The summed E-state index contributed by atoms with van der Waals surface area (Å²) in [5, 5.41) is 0. The van der Waals surface area contributed by atoms with E-state index in [-0.39, 0.29) is 0 Å². The van der Waals surface area contributed by atoms with Crippen LogP contribution in [0.3, 0.4) is 0 Å². The first kappa shape index (κ1) is 19.9. The molecule has 0 spiro atoms. The summed E-state index contributed by atoms with van der Waals surface area (Å²) in [5.41, 5.74) is 0. The molecule has 1 heteroatoms. The topological polar surface area (TPSA) is 0 Å². The zero-order chi connectivity index (χ0) is 21.0. The van der Waals surface area contributed by atoms with Crippen molar-refractivity contribution in [3.63, 3.8) is 0 Å². The zero-order valence-electron chi connectivity index (χ0n) is 17.4. The Morgan fingerprint density at radius 1 is 0.226 bits per heavy atom. The molecule has 0 N–H and O–H groups in total. The van der Waals surface area contributed by atoms with Crippen molar-refractivity contribution in [2.24, 2.45) is 0 Å². The SMILES string of the molecule is c1cc[c]([Sb]([c]2ccccc2)([c]2ccccc2)([c]2ccccc2)[c]2ccccc2)cc1. The van der Waals surface area contributed by atoms with E-state index in [0.29, 0.717) is 0 Å². The third-order valence-corrected chi connectivity index (χ3v) is 25.4. The molecule has 0 radical (unpaired) electrons. The van der Waals surface area contributed by atoms with Crippen LogP contribution >= 0.6 is 0 Å². The molecule has 0 amide bonds. The fourth-order valence-electron chi connectivity index (χ4n) is 5.12. The maximum atomic E-state index is 2.35. The Morgan fingerprint density at radius 2 is 0.387 bits per heavy atom. The second kappa shape index (κ2) is 8.21. The molecule has 0 unspecified atom stereocenters. The fourth-order valence-corrected chi connectivity index (χ4v) is 24.6.